The van der Waals surface area contributed by atoms with Crippen LogP contribution in [0.15, 0.2) is 0 Å². The first kappa shape index (κ1) is 23.0. The fourth-order valence-corrected chi connectivity index (χ4v) is 1.88. The van der Waals surface area contributed by atoms with Gasteiger partial charge < -0.3 is 23.7 Å². The van der Waals surface area contributed by atoms with Crippen LogP contribution in [0.1, 0.15) is 25.7 Å². The summed E-state index contributed by atoms with van der Waals surface area (Å²) in [6, 6.07) is 0. The molecule has 7 heteroatoms. The number of halogens is 2. The summed E-state index contributed by atoms with van der Waals surface area (Å²) in [5.74, 6) is 0.748. The maximum Gasteiger partial charge on any atom is 0.113 e. The smallest absolute Gasteiger partial charge is 0.113 e. The van der Waals surface area contributed by atoms with E-state index in [2.05, 4.69) is 0 Å². The normalized spacial score (nSPS) is 11.2. The second kappa shape index (κ2) is 22.0. The van der Waals surface area contributed by atoms with Crippen LogP contribution < -0.4 is 0 Å². The van der Waals surface area contributed by atoms with E-state index >= 15 is 0 Å². The summed E-state index contributed by atoms with van der Waals surface area (Å²) >= 11 is 5.60. The topological polar surface area (TPSA) is 46.2 Å². The molecule has 0 saturated carbocycles. The summed E-state index contributed by atoms with van der Waals surface area (Å²) in [4.78, 5) is 0. The molecule has 0 N–H and O–H groups in total. The van der Waals surface area contributed by atoms with Crippen LogP contribution in [-0.2, 0) is 23.7 Å². The molecule has 0 aromatic carbocycles. The summed E-state index contributed by atoms with van der Waals surface area (Å²) in [6.07, 6.45) is 4.52. The minimum absolute atomic E-state index is 0.134. The molecule has 0 aromatic rings. The van der Waals surface area contributed by atoms with Crippen molar-refractivity contribution < 1.29 is 28.1 Å². The standard InChI is InChI=1S/C16H32ClFO5/c17-5-3-1-2-4-7-19-9-11-21-13-15-23-16-14-22-12-10-20-8-6-18/h1-16H2. The van der Waals surface area contributed by atoms with E-state index in [4.69, 9.17) is 35.3 Å². The Labute approximate surface area is 144 Å². The Morgan fingerprint density at radius 2 is 0.870 bits per heavy atom. The lowest BCUT2D eigenvalue weighted by Crippen LogP contribution is -2.13. The lowest BCUT2D eigenvalue weighted by molar-refractivity contribution is -0.0119. The minimum atomic E-state index is -0.456. The average molecular weight is 359 g/mol. The Kier molecular flexibility index (Phi) is 22.0. The maximum atomic E-state index is 11.7. The van der Waals surface area contributed by atoms with E-state index < -0.39 is 6.67 Å². The van der Waals surface area contributed by atoms with Crippen molar-refractivity contribution in [1.29, 1.82) is 0 Å². The Morgan fingerprint density at radius 3 is 1.30 bits per heavy atom. The van der Waals surface area contributed by atoms with Crippen molar-refractivity contribution in [3.05, 3.63) is 0 Å². The maximum absolute atomic E-state index is 11.7. The van der Waals surface area contributed by atoms with Crippen molar-refractivity contribution in [3.63, 3.8) is 0 Å². The number of unbranched alkanes of at least 4 members (excludes halogenated alkanes) is 3. The zero-order valence-electron chi connectivity index (χ0n) is 14.1. The predicted octanol–water partition coefficient (Wildman–Crippen LogP) is 2.84. The molecule has 0 fully saturated rings. The van der Waals surface area contributed by atoms with Gasteiger partial charge in [0.05, 0.1) is 59.5 Å². The molecule has 0 radical (unpaired) electrons. The van der Waals surface area contributed by atoms with Gasteiger partial charge in [0.15, 0.2) is 0 Å². The second-order valence-corrected chi connectivity index (χ2v) is 5.23. The van der Waals surface area contributed by atoms with Gasteiger partial charge in [0, 0.05) is 12.5 Å². The highest BCUT2D eigenvalue weighted by atomic mass is 35.5. The fraction of sp³-hybridized carbons (Fsp3) is 1.00. The number of ether oxygens (including phenoxy) is 5. The summed E-state index contributed by atoms with van der Waals surface area (Å²) < 4.78 is 38.1. The Morgan fingerprint density at radius 1 is 0.478 bits per heavy atom. The van der Waals surface area contributed by atoms with Crippen molar-refractivity contribution in [2.24, 2.45) is 0 Å². The van der Waals surface area contributed by atoms with Gasteiger partial charge in [-0.25, -0.2) is 4.39 Å². The van der Waals surface area contributed by atoms with E-state index in [0.29, 0.717) is 52.9 Å². The highest BCUT2D eigenvalue weighted by Gasteiger charge is 1.94. The van der Waals surface area contributed by atoms with Gasteiger partial charge in [-0.2, -0.15) is 0 Å². The summed E-state index contributed by atoms with van der Waals surface area (Å²) in [7, 11) is 0. The van der Waals surface area contributed by atoms with Crippen LogP contribution in [-0.4, -0.2) is 78.6 Å². The van der Waals surface area contributed by atoms with Crippen LogP contribution in [0.2, 0.25) is 0 Å². The zero-order chi connectivity index (χ0) is 16.8. The van der Waals surface area contributed by atoms with Gasteiger partial charge in [0.2, 0.25) is 0 Å². The van der Waals surface area contributed by atoms with E-state index in [9.17, 15) is 4.39 Å². The van der Waals surface area contributed by atoms with Gasteiger partial charge in [0.25, 0.3) is 0 Å². The lowest BCUT2D eigenvalue weighted by Gasteiger charge is -2.07. The van der Waals surface area contributed by atoms with Gasteiger partial charge in [-0.05, 0) is 12.8 Å². The summed E-state index contributed by atoms with van der Waals surface area (Å²) in [5, 5.41) is 0. The molecule has 0 aliphatic carbocycles. The van der Waals surface area contributed by atoms with Crippen molar-refractivity contribution in [1.82, 2.24) is 0 Å². The Balaban J connectivity index is 2.92. The number of alkyl halides is 2. The van der Waals surface area contributed by atoms with Crippen LogP contribution in [0.5, 0.6) is 0 Å². The molecule has 0 bridgehead atoms. The van der Waals surface area contributed by atoms with E-state index in [1.807, 2.05) is 0 Å². The largest absolute Gasteiger partial charge is 0.379 e. The molecule has 0 aliphatic rings. The highest BCUT2D eigenvalue weighted by Crippen LogP contribution is 2.00. The minimum Gasteiger partial charge on any atom is -0.379 e. The molecule has 0 amide bonds. The van der Waals surface area contributed by atoms with E-state index in [1.54, 1.807) is 0 Å². The van der Waals surface area contributed by atoms with Gasteiger partial charge in [-0.15, -0.1) is 11.6 Å². The third-order valence-corrected chi connectivity index (χ3v) is 3.15. The van der Waals surface area contributed by atoms with Gasteiger partial charge >= 0.3 is 0 Å². The molecule has 140 valence electrons. The summed E-state index contributed by atoms with van der Waals surface area (Å²) in [5.41, 5.74) is 0. The number of hydrogen-bond donors (Lipinski definition) is 0. The SMILES string of the molecule is FCCOCCOCCOCCOCCOCCCCCCCl. The lowest BCUT2D eigenvalue weighted by atomic mass is 10.2. The molecule has 23 heavy (non-hydrogen) atoms. The highest BCUT2D eigenvalue weighted by molar-refractivity contribution is 6.17. The molecule has 0 unspecified atom stereocenters. The quantitative estimate of drug-likeness (QED) is 0.247. The molecular formula is C16H32ClFO5. The molecule has 0 heterocycles. The first-order chi connectivity index (χ1) is 11.4. The first-order valence-corrected chi connectivity index (χ1v) is 8.96. The molecule has 0 saturated heterocycles. The number of hydrogen-bond acceptors (Lipinski definition) is 5. The average Bonchev–Trinajstić information content (AvgIpc) is 2.57. The van der Waals surface area contributed by atoms with Crippen molar-refractivity contribution >= 4 is 11.6 Å². The van der Waals surface area contributed by atoms with Crippen molar-refractivity contribution in [2.45, 2.75) is 25.7 Å². The van der Waals surface area contributed by atoms with Crippen LogP contribution in [0.4, 0.5) is 4.39 Å². The van der Waals surface area contributed by atoms with Crippen LogP contribution in [0.25, 0.3) is 0 Å². The molecule has 0 aliphatic heterocycles. The second-order valence-electron chi connectivity index (χ2n) is 4.85. The van der Waals surface area contributed by atoms with Crippen molar-refractivity contribution in [2.75, 3.05) is 78.6 Å². The molecule has 0 aromatic heterocycles. The molecule has 0 spiro atoms. The molecule has 5 nitrogen and oxygen atoms in total. The van der Waals surface area contributed by atoms with Crippen LogP contribution >= 0.6 is 11.6 Å². The van der Waals surface area contributed by atoms with Gasteiger partial charge in [-0.3, -0.25) is 0 Å². The third kappa shape index (κ3) is 22.0. The van der Waals surface area contributed by atoms with Crippen LogP contribution in [0, 0.1) is 0 Å². The molecular weight excluding hydrogens is 327 g/mol. The monoisotopic (exact) mass is 358 g/mol. The van der Waals surface area contributed by atoms with E-state index in [1.165, 1.54) is 12.8 Å². The Bertz CT molecular complexity index is 193. The summed E-state index contributed by atoms with van der Waals surface area (Å²) in [6.45, 7) is 4.68. The van der Waals surface area contributed by atoms with Gasteiger partial charge in [0.1, 0.15) is 6.67 Å². The van der Waals surface area contributed by atoms with Crippen LogP contribution in [0.3, 0.4) is 0 Å². The zero-order valence-corrected chi connectivity index (χ0v) is 14.9. The number of rotatable bonds is 20. The molecule has 0 rings (SSSR count). The third-order valence-electron chi connectivity index (χ3n) is 2.88. The van der Waals surface area contributed by atoms with Gasteiger partial charge in [-0.1, -0.05) is 12.8 Å². The van der Waals surface area contributed by atoms with E-state index in [0.717, 1.165) is 25.3 Å². The van der Waals surface area contributed by atoms with E-state index in [-0.39, 0.29) is 6.61 Å². The first-order valence-electron chi connectivity index (χ1n) is 8.42. The fourth-order valence-electron chi connectivity index (χ4n) is 1.69. The Hall–Kier alpha value is 0.0200. The predicted molar refractivity (Wildman–Crippen MR) is 89.3 cm³/mol. The van der Waals surface area contributed by atoms with Crippen molar-refractivity contribution in [3.8, 4) is 0 Å². The molecule has 0 atom stereocenters.